The maximum Gasteiger partial charge on any atom is 0.534 e. The van der Waals surface area contributed by atoms with Crippen LogP contribution in [0.4, 0.5) is 30.7 Å². The van der Waals surface area contributed by atoms with Gasteiger partial charge in [0.15, 0.2) is 11.6 Å². The van der Waals surface area contributed by atoms with Crippen molar-refractivity contribution in [1.82, 2.24) is 0 Å². The summed E-state index contributed by atoms with van der Waals surface area (Å²) in [5, 5.41) is -1.18. The second-order valence-electron chi connectivity index (χ2n) is 6.60. The van der Waals surface area contributed by atoms with Gasteiger partial charge in [0.1, 0.15) is 17.5 Å². The number of rotatable bonds is 5. The number of halogens is 7. The first-order valence-electron chi connectivity index (χ1n) is 8.76. The van der Waals surface area contributed by atoms with E-state index in [4.69, 9.17) is 0 Å². The molecule has 0 unspecified atom stereocenters. The largest absolute Gasteiger partial charge is 0.534 e. The van der Waals surface area contributed by atoms with E-state index in [0.717, 1.165) is 24.3 Å². The van der Waals surface area contributed by atoms with E-state index in [2.05, 4.69) is 4.18 Å². The lowest BCUT2D eigenvalue weighted by Gasteiger charge is -2.13. The first-order valence-corrected chi connectivity index (χ1v) is 10.2. The molecule has 0 radical (unpaired) electrons. The molecule has 0 heterocycles. The van der Waals surface area contributed by atoms with Crippen molar-refractivity contribution >= 4 is 20.9 Å². The van der Waals surface area contributed by atoms with Crippen LogP contribution in [0.15, 0.2) is 36.4 Å². The maximum absolute atomic E-state index is 14.6. The van der Waals surface area contributed by atoms with E-state index in [-0.39, 0.29) is 10.9 Å². The summed E-state index contributed by atoms with van der Waals surface area (Å²) in [6.45, 7) is 1.81. The highest BCUT2D eigenvalue weighted by Crippen LogP contribution is 2.36. The first kappa shape index (κ1) is 22.9. The summed E-state index contributed by atoms with van der Waals surface area (Å²) in [5.74, 6) is -6.42. The van der Waals surface area contributed by atoms with Crippen LogP contribution in [0, 0.1) is 23.3 Å². The van der Waals surface area contributed by atoms with E-state index < -0.39 is 55.6 Å². The highest BCUT2D eigenvalue weighted by molar-refractivity contribution is 7.88. The van der Waals surface area contributed by atoms with Crippen molar-refractivity contribution in [3.8, 4) is 16.9 Å². The molecule has 0 atom stereocenters. The van der Waals surface area contributed by atoms with Crippen molar-refractivity contribution in [3.05, 3.63) is 65.2 Å². The van der Waals surface area contributed by atoms with E-state index in [1.54, 1.807) is 0 Å². The first-order chi connectivity index (χ1) is 14.4. The van der Waals surface area contributed by atoms with Crippen LogP contribution in [-0.4, -0.2) is 13.9 Å². The van der Waals surface area contributed by atoms with Gasteiger partial charge >= 0.3 is 15.6 Å². The van der Waals surface area contributed by atoms with Gasteiger partial charge in [-0.05, 0) is 53.3 Å². The molecule has 3 aromatic carbocycles. The van der Waals surface area contributed by atoms with Gasteiger partial charge in [-0.15, -0.1) is 0 Å². The molecule has 0 amide bonds. The lowest BCUT2D eigenvalue weighted by Crippen LogP contribution is -2.28. The Kier molecular flexibility index (Phi) is 5.92. The minimum Gasteiger partial charge on any atom is -0.373 e. The van der Waals surface area contributed by atoms with Gasteiger partial charge in [0.25, 0.3) is 0 Å². The predicted molar refractivity (Wildman–Crippen MR) is 98.8 cm³/mol. The van der Waals surface area contributed by atoms with E-state index in [1.165, 1.54) is 0 Å². The third kappa shape index (κ3) is 4.32. The summed E-state index contributed by atoms with van der Waals surface area (Å²) in [5.41, 5.74) is -6.28. The molecule has 166 valence electrons. The van der Waals surface area contributed by atoms with Crippen LogP contribution in [-0.2, 0) is 16.5 Å². The Morgan fingerprint density at radius 2 is 1.52 bits per heavy atom. The van der Waals surface area contributed by atoms with Gasteiger partial charge < -0.3 is 4.18 Å². The van der Waals surface area contributed by atoms with Crippen LogP contribution in [0.1, 0.15) is 18.9 Å². The van der Waals surface area contributed by atoms with Crippen molar-refractivity contribution in [2.45, 2.75) is 25.3 Å². The predicted octanol–water partition coefficient (Wildman–Crippen LogP) is 6.24. The van der Waals surface area contributed by atoms with Gasteiger partial charge in [0.05, 0.1) is 10.9 Å². The van der Waals surface area contributed by atoms with Crippen molar-refractivity contribution < 1.29 is 43.3 Å². The molecule has 31 heavy (non-hydrogen) atoms. The SMILES string of the molecule is CCCc1cc(F)c(-c2cc(F)c3c(F)c(OS(=O)(=O)C(F)(F)F)ccc3c2)c(F)c1. The highest BCUT2D eigenvalue weighted by Gasteiger charge is 2.49. The standard InChI is InChI=1S/C20H13F7O3S/c1-2-3-10-6-13(21)17(14(22)7-10)12-8-11-4-5-16(19(24)18(11)15(23)9-12)30-31(28,29)20(25,26)27/h4-9H,2-3H2,1H3. The summed E-state index contributed by atoms with van der Waals surface area (Å²) in [7, 11) is -6.19. The second kappa shape index (κ2) is 8.03. The molecular formula is C20H13F7O3S. The van der Waals surface area contributed by atoms with Crippen LogP contribution < -0.4 is 4.18 Å². The number of benzene rings is 3. The summed E-state index contributed by atoms with van der Waals surface area (Å²) >= 11 is 0. The van der Waals surface area contributed by atoms with Crippen LogP contribution in [0.3, 0.4) is 0 Å². The van der Waals surface area contributed by atoms with E-state index >= 15 is 0 Å². The normalized spacial score (nSPS) is 12.4. The van der Waals surface area contributed by atoms with Crippen molar-refractivity contribution in [2.75, 3.05) is 0 Å². The van der Waals surface area contributed by atoms with Gasteiger partial charge in [-0.1, -0.05) is 19.4 Å². The van der Waals surface area contributed by atoms with Gasteiger partial charge in [-0.3, -0.25) is 0 Å². The van der Waals surface area contributed by atoms with Gasteiger partial charge in [0.2, 0.25) is 0 Å². The molecule has 0 N–H and O–H groups in total. The second-order valence-corrected chi connectivity index (χ2v) is 8.14. The minimum atomic E-state index is -6.19. The zero-order valence-electron chi connectivity index (χ0n) is 15.7. The minimum absolute atomic E-state index is 0.277. The van der Waals surface area contributed by atoms with Crippen molar-refractivity contribution in [3.63, 3.8) is 0 Å². The summed E-state index contributed by atoms with van der Waals surface area (Å²) in [6, 6.07) is 5.20. The average Bonchev–Trinajstić information content (AvgIpc) is 2.62. The fourth-order valence-corrected chi connectivity index (χ4v) is 3.52. The molecule has 0 saturated heterocycles. The zero-order chi connectivity index (χ0) is 23.1. The molecule has 3 aromatic rings. The van der Waals surface area contributed by atoms with E-state index in [1.807, 2.05) is 6.92 Å². The monoisotopic (exact) mass is 466 g/mol. The quantitative estimate of drug-likeness (QED) is 0.254. The topological polar surface area (TPSA) is 43.4 Å². The van der Waals surface area contributed by atoms with E-state index in [0.29, 0.717) is 30.5 Å². The lowest BCUT2D eigenvalue weighted by atomic mass is 9.97. The molecule has 11 heteroatoms. The Bertz CT molecular complexity index is 1240. The maximum atomic E-state index is 14.6. The Morgan fingerprint density at radius 3 is 2.06 bits per heavy atom. The third-order valence-corrected chi connectivity index (χ3v) is 5.35. The number of alkyl halides is 3. The Morgan fingerprint density at radius 1 is 0.903 bits per heavy atom. The van der Waals surface area contributed by atoms with Crippen LogP contribution in [0.5, 0.6) is 5.75 Å². The fourth-order valence-electron chi connectivity index (χ4n) is 3.06. The molecular weight excluding hydrogens is 453 g/mol. The number of aryl methyl sites for hydroxylation is 1. The van der Waals surface area contributed by atoms with Gasteiger partial charge in [-0.2, -0.15) is 21.6 Å². The summed E-state index contributed by atoms with van der Waals surface area (Å²) < 4.78 is 121. The third-order valence-electron chi connectivity index (χ3n) is 4.38. The molecule has 0 saturated carbocycles. The number of fused-ring (bicyclic) bond motifs is 1. The summed E-state index contributed by atoms with van der Waals surface area (Å²) in [4.78, 5) is 0. The smallest absolute Gasteiger partial charge is 0.373 e. The molecule has 0 aliphatic carbocycles. The van der Waals surface area contributed by atoms with Crippen LogP contribution >= 0.6 is 0 Å². The molecule has 0 aromatic heterocycles. The van der Waals surface area contributed by atoms with E-state index in [9.17, 15) is 39.2 Å². The number of hydrogen-bond acceptors (Lipinski definition) is 3. The molecule has 0 aliphatic rings. The Labute approximate surface area is 172 Å². The van der Waals surface area contributed by atoms with Crippen molar-refractivity contribution in [1.29, 1.82) is 0 Å². The zero-order valence-corrected chi connectivity index (χ0v) is 16.5. The van der Waals surface area contributed by atoms with Crippen LogP contribution in [0.25, 0.3) is 21.9 Å². The fraction of sp³-hybridized carbons (Fsp3) is 0.200. The van der Waals surface area contributed by atoms with Crippen molar-refractivity contribution in [2.24, 2.45) is 0 Å². The molecule has 0 bridgehead atoms. The molecule has 0 fully saturated rings. The molecule has 3 nitrogen and oxygen atoms in total. The summed E-state index contributed by atoms with van der Waals surface area (Å²) in [6.07, 6.45) is 1.05. The number of hydrogen-bond donors (Lipinski definition) is 0. The lowest BCUT2D eigenvalue weighted by molar-refractivity contribution is -0.0500. The van der Waals surface area contributed by atoms with Gasteiger partial charge in [0, 0.05) is 0 Å². The molecule has 0 spiro atoms. The Hall–Kier alpha value is -2.82. The molecule has 0 aliphatic heterocycles. The van der Waals surface area contributed by atoms with Crippen LogP contribution in [0.2, 0.25) is 0 Å². The molecule has 3 rings (SSSR count). The average molecular weight is 466 g/mol. The Balaban J connectivity index is 2.13. The highest BCUT2D eigenvalue weighted by atomic mass is 32.2. The van der Waals surface area contributed by atoms with Gasteiger partial charge in [-0.25, -0.2) is 17.6 Å².